The van der Waals surface area contributed by atoms with Crippen LogP contribution in [0.3, 0.4) is 0 Å². The highest BCUT2D eigenvalue weighted by Gasteiger charge is 2.19. The Labute approximate surface area is 168 Å². The normalized spacial score (nSPS) is 10.8. The average molecular weight is 401 g/mol. The highest BCUT2D eigenvalue weighted by atomic mass is 35.5. The van der Waals surface area contributed by atoms with Crippen LogP contribution in [0.2, 0.25) is 5.02 Å². The van der Waals surface area contributed by atoms with Gasteiger partial charge in [0.2, 0.25) is 0 Å². The van der Waals surface area contributed by atoms with E-state index in [1.54, 1.807) is 19.1 Å². The topological polar surface area (TPSA) is 71.9 Å². The molecule has 3 aromatic rings. The van der Waals surface area contributed by atoms with E-state index in [9.17, 15) is 9.90 Å². The summed E-state index contributed by atoms with van der Waals surface area (Å²) >= 11 is 6.14. The van der Waals surface area contributed by atoms with Crippen molar-refractivity contribution in [2.75, 3.05) is 32.7 Å². The van der Waals surface area contributed by atoms with E-state index in [1.165, 1.54) is 13.3 Å². The summed E-state index contributed by atoms with van der Waals surface area (Å²) in [4.78, 5) is 18.7. The summed E-state index contributed by atoms with van der Waals surface area (Å²) < 4.78 is 10.4. The Morgan fingerprint density at radius 2 is 1.96 bits per heavy atom. The van der Waals surface area contributed by atoms with Crippen molar-refractivity contribution in [3.05, 3.63) is 47.1 Å². The number of aromatic nitrogens is 1. The van der Waals surface area contributed by atoms with Crippen molar-refractivity contribution in [1.29, 1.82) is 0 Å². The van der Waals surface area contributed by atoms with Crippen molar-refractivity contribution in [2.24, 2.45) is 0 Å². The molecule has 0 bridgehead atoms. The van der Waals surface area contributed by atoms with Gasteiger partial charge in [0.1, 0.15) is 5.56 Å². The van der Waals surface area contributed by atoms with Crippen molar-refractivity contribution in [3.63, 3.8) is 0 Å². The number of hydrogen-bond donors (Lipinski definition) is 1. The van der Waals surface area contributed by atoms with Crippen LogP contribution < -0.4 is 9.64 Å². The Hall–Kier alpha value is -2.99. The van der Waals surface area contributed by atoms with Crippen molar-refractivity contribution in [2.45, 2.75) is 6.92 Å². The van der Waals surface area contributed by atoms with Crippen LogP contribution in [-0.4, -0.2) is 43.9 Å². The highest BCUT2D eigenvalue weighted by molar-refractivity contribution is 6.32. The first-order valence-corrected chi connectivity index (χ1v) is 9.09. The monoisotopic (exact) mass is 400 g/mol. The number of nitrogens with zero attached hydrogens (tertiary/aromatic N) is 2. The summed E-state index contributed by atoms with van der Waals surface area (Å²) in [7, 11) is 5.20. The number of carbonyl (C=O) groups is 1. The maximum absolute atomic E-state index is 12.4. The number of carbonyl (C=O) groups excluding carboxylic acids is 1. The number of aromatic hydroxyl groups is 1. The molecule has 0 spiro atoms. The zero-order valence-electron chi connectivity index (χ0n) is 16.1. The van der Waals surface area contributed by atoms with Crippen LogP contribution in [0, 0.1) is 0 Å². The predicted molar refractivity (Wildman–Crippen MR) is 111 cm³/mol. The van der Waals surface area contributed by atoms with E-state index in [0.29, 0.717) is 5.56 Å². The molecule has 0 amide bonds. The molecule has 0 unspecified atom stereocenters. The van der Waals surface area contributed by atoms with Gasteiger partial charge in [0.25, 0.3) is 0 Å². The van der Waals surface area contributed by atoms with Crippen molar-refractivity contribution >= 4 is 34.2 Å². The maximum Gasteiger partial charge on any atom is 0.341 e. The number of phenolic OH excluding ortho intramolecular Hbond substituents is 1. The van der Waals surface area contributed by atoms with E-state index in [-0.39, 0.29) is 23.1 Å². The number of methoxy groups -OCH3 is 1. The molecule has 6 nitrogen and oxygen atoms in total. The molecule has 0 atom stereocenters. The number of halogens is 1. The molecule has 1 N–H and O–H groups in total. The van der Waals surface area contributed by atoms with E-state index in [1.807, 2.05) is 37.2 Å². The Morgan fingerprint density at radius 1 is 1.21 bits per heavy atom. The third kappa shape index (κ3) is 3.55. The molecule has 3 rings (SSSR count). The van der Waals surface area contributed by atoms with E-state index in [4.69, 9.17) is 21.1 Å². The summed E-state index contributed by atoms with van der Waals surface area (Å²) in [6, 6.07) is 9.09. The number of esters is 1. The smallest absolute Gasteiger partial charge is 0.341 e. The number of phenols is 1. The van der Waals surface area contributed by atoms with Gasteiger partial charge in [0.15, 0.2) is 11.5 Å². The lowest BCUT2D eigenvalue weighted by Crippen LogP contribution is -2.16. The van der Waals surface area contributed by atoms with Gasteiger partial charge in [-0.25, -0.2) is 4.79 Å². The van der Waals surface area contributed by atoms with Gasteiger partial charge in [0, 0.05) is 25.7 Å². The molecule has 0 radical (unpaired) electrons. The van der Waals surface area contributed by atoms with Gasteiger partial charge >= 0.3 is 5.97 Å². The Balaban J connectivity index is 2.24. The third-order valence-electron chi connectivity index (χ3n) is 4.36. The summed E-state index contributed by atoms with van der Waals surface area (Å²) in [5, 5.41) is 11.0. The molecule has 7 heteroatoms. The Kier molecular flexibility index (Phi) is 5.61. The summed E-state index contributed by atoms with van der Waals surface area (Å²) in [6.45, 7) is 2.05. The van der Waals surface area contributed by atoms with Crippen molar-refractivity contribution in [1.82, 2.24) is 4.98 Å². The lowest BCUT2D eigenvalue weighted by atomic mass is 10.0. The number of benzene rings is 2. The second-order valence-electron chi connectivity index (χ2n) is 6.38. The Bertz CT molecular complexity index is 1050. The molecule has 146 valence electrons. The second kappa shape index (κ2) is 7.94. The van der Waals surface area contributed by atoms with Crippen molar-refractivity contribution < 1.29 is 19.4 Å². The lowest BCUT2D eigenvalue weighted by molar-refractivity contribution is 0.0527. The summed E-state index contributed by atoms with van der Waals surface area (Å²) in [6.07, 6.45) is 1.54. The van der Waals surface area contributed by atoms with Gasteiger partial charge in [-0.1, -0.05) is 17.7 Å². The van der Waals surface area contributed by atoms with Gasteiger partial charge in [-0.3, -0.25) is 4.98 Å². The summed E-state index contributed by atoms with van der Waals surface area (Å²) in [5.41, 5.74) is 3.49. The third-order valence-corrected chi connectivity index (χ3v) is 4.65. The van der Waals surface area contributed by atoms with Gasteiger partial charge in [0.05, 0.1) is 29.9 Å². The van der Waals surface area contributed by atoms with E-state index in [0.717, 1.165) is 27.7 Å². The van der Waals surface area contributed by atoms with E-state index >= 15 is 0 Å². The minimum atomic E-state index is -0.416. The van der Waals surface area contributed by atoms with Gasteiger partial charge in [-0.05, 0) is 42.3 Å². The number of anilines is 1. The SMILES string of the molecule is CCOC(=O)c1cnc2ccc(-c3cc(Cl)c(O)c(OC)c3)cc2c1N(C)C. The van der Waals surface area contributed by atoms with Crippen LogP contribution >= 0.6 is 11.6 Å². The molecule has 0 aliphatic heterocycles. The van der Waals surface area contributed by atoms with E-state index in [2.05, 4.69) is 4.98 Å². The largest absolute Gasteiger partial charge is 0.503 e. The first kappa shape index (κ1) is 19.8. The molecule has 0 aliphatic rings. The average Bonchev–Trinajstić information content (AvgIpc) is 2.68. The zero-order chi connectivity index (χ0) is 20.4. The van der Waals surface area contributed by atoms with Crippen LogP contribution in [0.4, 0.5) is 5.69 Å². The number of hydrogen-bond acceptors (Lipinski definition) is 6. The number of pyridine rings is 1. The fourth-order valence-corrected chi connectivity index (χ4v) is 3.30. The zero-order valence-corrected chi connectivity index (χ0v) is 16.9. The number of ether oxygens (including phenoxy) is 2. The fraction of sp³-hybridized carbons (Fsp3) is 0.238. The van der Waals surface area contributed by atoms with E-state index < -0.39 is 5.97 Å². The highest BCUT2D eigenvalue weighted by Crippen LogP contribution is 2.39. The maximum atomic E-state index is 12.4. The number of rotatable bonds is 5. The lowest BCUT2D eigenvalue weighted by Gasteiger charge is -2.19. The minimum Gasteiger partial charge on any atom is -0.503 e. The summed E-state index contributed by atoms with van der Waals surface area (Å²) in [5.74, 6) is -0.233. The first-order chi connectivity index (χ1) is 13.4. The molecule has 28 heavy (non-hydrogen) atoms. The van der Waals surface area contributed by atoms with Crippen LogP contribution in [0.25, 0.3) is 22.0 Å². The van der Waals surface area contributed by atoms with Gasteiger partial charge < -0.3 is 19.5 Å². The molecular formula is C21H21ClN2O4. The van der Waals surface area contributed by atoms with Gasteiger partial charge in [-0.2, -0.15) is 0 Å². The fourth-order valence-electron chi connectivity index (χ4n) is 3.09. The first-order valence-electron chi connectivity index (χ1n) is 8.71. The molecule has 0 aliphatic carbocycles. The molecular weight excluding hydrogens is 380 g/mol. The van der Waals surface area contributed by atoms with Crippen LogP contribution in [0.15, 0.2) is 36.5 Å². The predicted octanol–water partition coefficient (Wildman–Crippen LogP) is 4.51. The Morgan fingerprint density at radius 3 is 2.61 bits per heavy atom. The molecule has 0 saturated carbocycles. The minimum absolute atomic E-state index is 0.103. The molecule has 1 heterocycles. The number of fused-ring (bicyclic) bond motifs is 1. The molecule has 0 fully saturated rings. The van der Waals surface area contributed by atoms with Crippen LogP contribution in [-0.2, 0) is 4.74 Å². The van der Waals surface area contributed by atoms with Crippen LogP contribution in [0.5, 0.6) is 11.5 Å². The quantitative estimate of drug-likeness (QED) is 0.635. The van der Waals surface area contributed by atoms with Crippen molar-refractivity contribution in [3.8, 4) is 22.6 Å². The van der Waals surface area contributed by atoms with Gasteiger partial charge in [-0.15, -0.1) is 0 Å². The second-order valence-corrected chi connectivity index (χ2v) is 6.78. The van der Waals surface area contributed by atoms with Crippen LogP contribution in [0.1, 0.15) is 17.3 Å². The molecule has 2 aromatic carbocycles. The standard InChI is InChI=1S/C21H21ClN2O4/c1-5-28-21(26)15-11-23-17-7-6-12(8-14(17)19(15)24(2)3)13-9-16(22)20(25)18(10-13)27-4/h6-11,25H,5H2,1-4H3. The molecule has 0 saturated heterocycles. The molecule has 1 aromatic heterocycles.